The molecule has 3 aromatic rings. The maximum Gasteiger partial charge on any atom is 0.321 e. The molecule has 0 aliphatic carbocycles. The largest absolute Gasteiger partial charge is 0.335 e. The molecule has 2 amide bonds. The van der Waals surface area contributed by atoms with Gasteiger partial charge in [0, 0.05) is 55.2 Å². The number of anilines is 1. The maximum absolute atomic E-state index is 12.3. The standard InChI is InChI=1S/C20H22N6OS/c27-19(24-20-23-18(25-28-20)16-6-2-1-3-7-16)22-17-8-11-26(12-9-17)14-15-5-4-10-21-13-15/h1-7,10,13,17H,8-9,11-12,14H2,(H2,22,23,24,25,27). The highest BCUT2D eigenvalue weighted by Gasteiger charge is 2.21. The number of nitrogens with one attached hydrogen (secondary N) is 2. The SMILES string of the molecule is O=C(Nc1nc(-c2ccccc2)ns1)NC1CCN(Cc2cccnc2)CC1. The summed E-state index contributed by atoms with van der Waals surface area (Å²) in [5, 5.41) is 6.36. The van der Waals surface area contributed by atoms with Gasteiger partial charge in [0.1, 0.15) is 0 Å². The molecule has 7 nitrogen and oxygen atoms in total. The highest BCUT2D eigenvalue weighted by atomic mass is 32.1. The van der Waals surface area contributed by atoms with E-state index in [0.717, 1.165) is 38.0 Å². The first-order valence-corrected chi connectivity index (χ1v) is 10.1. The minimum atomic E-state index is -0.221. The van der Waals surface area contributed by atoms with E-state index in [1.165, 1.54) is 17.1 Å². The highest BCUT2D eigenvalue weighted by molar-refractivity contribution is 7.10. The second-order valence-corrected chi connectivity index (χ2v) is 7.55. The number of piperidine rings is 1. The third-order valence-corrected chi connectivity index (χ3v) is 5.36. The normalized spacial score (nSPS) is 15.3. The van der Waals surface area contributed by atoms with Gasteiger partial charge in [-0.05, 0) is 24.5 Å². The number of pyridine rings is 1. The quantitative estimate of drug-likeness (QED) is 0.693. The molecule has 2 aromatic heterocycles. The predicted octanol–water partition coefficient (Wildman–Crippen LogP) is 3.39. The van der Waals surface area contributed by atoms with Crippen molar-refractivity contribution < 1.29 is 4.79 Å². The molecule has 0 atom stereocenters. The van der Waals surface area contributed by atoms with E-state index in [-0.39, 0.29) is 12.1 Å². The van der Waals surface area contributed by atoms with Crippen molar-refractivity contribution in [2.45, 2.75) is 25.4 Å². The number of benzene rings is 1. The van der Waals surface area contributed by atoms with Gasteiger partial charge >= 0.3 is 6.03 Å². The van der Waals surface area contributed by atoms with Gasteiger partial charge in [-0.15, -0.1) is 0 Å². The Hall–Kier alpha value is -2.84. The van der Waals surface area contributed by atoms with Crippen LogP contribution >= 0.6 is 11.5 Å². The van der Waals surface area contributed by atoms with E-state index >= 15 is 0 Å². The highest BCUT2D eigenvalue weighted by Crippen LogP contribution is 2.20. The predicted molar refractivity (Wildman–Crippen MR) is 110 cm³/mol. The van der Waals surface area contributed by atoms with Gasteiger partial charge in [0.15, 0.2) is 5.82 Å². The lowest BCUT2D eigenvalue weighted by Gasteiger charge is -2.32. The molecule has 144 valence electrons. The van der Waals surface area contributed by atoms with Crippen LogP contribution in [0.25, 0.3) is 11.4 Å². The molecule has 1 aliphatic heterocycles. The molecule has 1 aliphatic rings. The lowest BCUT2D eigenvalue weighted by Crippen LogP contribution is -2.45. The maximum atomic E-state index is 12.3. The molecular weight excluding hydrogens is 372 g/mol. The zero-order valence-electron chi connectivity index (χ0n) is 15.4. The zero-order valence-corrected chi connectivity index (χ0v) is 16.2. The Bertz CT molecular complexity index is 893. The average Bonchev–Trinajstić information content (AvgIpc) is 3.19. The number of nitrogens with zero attached hydrogens (tertiary/aromatic N) is 4. The second-order valence-electron chi connectivity index (χ2n) is 6.80. The van der Waals surface area contributed by atoms with E-state index in [1.54, 1.807) is 6.20 Å². The summed E-state index contributed by atoms with van der Waals surface area (Å²) in [4.78, 5) is 23.2. The topological polar surface area (TPSA) is 83.0 Å². The van der Waals surface area contributed by atoms with Crippen molar-refractivity contribution in [1.29, 1.82) is 0 Å². The minimum Gasteiger partial charge on any atom is -0.335 e. The molecule has 0 spiro atoms. The first-order valence-electron chi connectivity index (χ1n) is 9.34. The Morgan fingerprint density at radius 2 is 1.96 bits per heavy atom. The molecule has 0 bridgehead atoms. The van der Waals surface area contributed by atoms with Crippen molar-refractivity contribution in [3.63, 3.8) is 0 Å². The van der Waals surface area contributed by atoms with E-state index < -0.39 is 0 Å². The van der Waals surface area contributed by atoms with Crippen molar-refractivity contribution in [3.05, 3.63) is 60.4 Å². The van der Waals surface area contributed by atoms with Crippen molar-refractivity contribution in [3.8, 4) is 11.4 Å². The van der Waals surface area contributed by atoms with Crippen LogP contribution in [0.2, 0.25) is 0 Å². The molecule has 1 saturated heterocycles. The van der Waals surface area contributed by atoms with Crippen LogP contribution in [0.5, 0.6) is 0 Å². The molecule has 8 heteroatoms. The number of aromatic nitrogens is 3. The summed E-state index contributed by atoms with van der Waals surface area (Å²) in [6.07, 6.45) is 5.56. The van der Waals surface area contributed by atoms with E-state index in [1.807, 2.05) is 42.6 Å². The number of amides is 2. The van der Waals surface area contributed by atoms with Gasteiger partial charge in [0.25, 0.3) is 0 Å². The van der Waals surface area contributed by atoms with Crippen LogP contribution in [-0.4, -0.2) is 44.4 Å². The van der Waals surface area contributed by atoms with Gasteiger partial charge < -0.3 is 5.32 Å². The third kappa shape index (κ3) is 4.90. The molecule has 1 fully saturated rings. The molecule has 28 heavy (non-hydrogen) atoms. The van der Waals surface area contributed by atoms with Crippen molar-refractivity contribution in [2.75, 3.05) is 18.4 Å². The number of carbonyl (C=O) groups is 1. The molecule has 1 aromatic carbocycles. The molecule has 4 rings (SSSR count). The van der Waals surface area contributed by atoms with Crippen LogP contribution in [-0.2, 0) is 6.54 Å². The molecule has 0 unspecified atom stereocenters. The monoisotopic (exact) mass is 394 g/mol. The fourth-order valence-corrected chi connectivity index (χ4v) is 3.87. The number of hydrogen-bond donors (Lipinski definition) is 2. The van der Waals surface area contributed by atoms with Crippen molar-refractivity contribution in [2.24, 2.45) is 0 Å². The average molecular weight is 395 g/mol. The van der Waals surface area contributed by atoms with Crippen LogP contribution in [0, 0.1) is 0 Å². The minimum absolute atomic E-state index is 0.173. The third-order valence-electron chi connectivity index (χ3n) is 4.73. The number of rotatable bonds is 5. The summed E-state index contributed by atoms with van der Waals surface area (Å²) in [5.74, 6) is 0.629. The summed E-state index contributed by atoms with van der Waals surface area (Å²) >= 11 is 1.19. The Balaban J connectivity index is 1.23. The smallest absolute Gasteiger partial charge is 0.321 e. The number of likely N-dealkylation sites (tertiary alicyclic amines) is 1. The first-order chi connectivity index (χ1) is 13.8. The number of hydrogen-bond acceptors (Lipinski definition) is 6. The summed E-state index contributed by atoms with van der Waals surface area (Å²) in [6.45, 7) is 2.81. The Morgan fingerprint density at radius 3 is 2.71 bits per heavy atom. The van der Waals surface area contributed by atoms with E-state index in [9.17, 15) is 4.79 Å². The lowest BCUT2D eigenvalue weighted by atomic mass is 10.0. The molecular formula is C20H22N6OS. The summed E-state index contributed by atoms with van der Waals surface area (Å²) in [7, 11) is 0. The van der Waals surface area contributed by atoms with Crippen molar-refractivity contribution in [1.82, 2.24) is 24.6 Å². The van der Waals surface area contributed by atoms with Gasteiger partial charge in [-0.3, -0.25) is 15.2 Å². The van der Waals surface area contributed by atoms with Crippen molar-refractivity contribution >= 4 is 22.7 Å². The van der Waals surface area contributed by atoms with E-state index in [0.29, 0.717) is 11.0 Å². The van der Waals surface area contributed by atoms with E-state index in [4.69, 9.17) is 0 Å². The molecule has 3 heterocycles. The van der Waals surface area contributed by atoms with Gasteiger partial charge in [-0.2, -0.15) is 9.36 Å². The van der Waals surface area contributed by atoms with Gasteiger partial charge in [-0.25, -0.2) is 4.79 Å². The van der Waals surface area contributed by atoms with Gasteiger partial charge in [0.2, 0.25) is 5.13 Å². The summed E-state index contributed by atoms with van der Waals surface area (Å²) in [5.41, 5.74) is 2.16. The van der Waals surface area contributed by atoms with Gasteiger partial charge in [0.05, 0.1) is 0 Å². The molecule has 2 N–H and O–H groups in total. The van der Waals surface area contributed by atoms with Crippen LogP contribution in [0.15, 0.2) is 54.9 Å². The Kier molecular flexibility index (Phi) is 5.89. The lowest BCUT2D eigenvalue weighted by molar-refractivity contribution is 0.189. The van der Waals surface area contributed by atoms with Crippen LogP contribution < -0.4 is 10.6 Å². The fourth-order valence-electron chi connectivity index (χ4n) is 3.28. The second kappa shape index (κ2) is 8.90. The van der Waals surface area contributed by atoms with Gasteiger partial charge in [-0.1, -0.05) is 36.4 Å². The van der Waals surface area contributed by atoms with Crippen LogP contribution in [0.4, 0.5) is 9.93 Å². The van der Waals surface area contributed by atoms with Crippen LogP contribution in [0.3, 0.4) is 0 Å². The molecule has 0 radical (unpaired) electrons. The van der Waals surface area contributed by atoms with Crippen LogP contribution in [0.1, 0.15) is 18.4 Å². The Labute approximate surface area is 168 Å². The number of carbonyl (C=O) groups excluding carboxylic acids is 1. The fraction of sp³-hybridized carbons (Fsp3) is 0.300. The Morgan fingerprint density at radius 1 is 1.14 bits per heavy atom. The summed E-state index contributed by atoms with van der Waals surface area (Å²) < 4.78 is 4.31. The zero-order chi connectivity index (χ0) is 19.2. The first kappa shape index (κ1) is 18.5. The molecule has 0 saturated carbocycles. The summed E-state index contributed by atoms with van der Waals surface area (Å²) in [6, 6.07) is 13.7. The van der Waals surface area contributed by atoms with E-state index in [2.05, 4.69) is 35.9 Å². The number of urea groups is 1.